The van der Waals surface area contributed by atoms with Crippen LogP contribution in [0.1, 0.15) is 119 Å². The summed E-state index contributed by atoms with van der Waals surface area (Å²) in [6, 6.07) is 0. The monoisotopic (exact) mass is 426 g/mol. The van der Waals surface area contributed by atoms with E-state index in [2.05, 4.69) is 40.7 Å². The number of allylic oxidation sites excluding steroid dienone is 2. The molecular formula is C30H50O. The van der Waals surface area contributed by atoms with Gasteiger partial charge in [0, 0.05) is 6.42 Å². The lowest BCUT2D eigenvalue weighted by Gasteiger charge is -2.58. The summed E-state index contributed by atoms with van der Waals surface area (Å²) in [5.74, 6) is 6.48. The van der Waals surface area contributed by atoms with Crippen molar-refractivity contribution >= 4 is 5.78 Å². The number of carbonyl (C=O) groups excluding carboxylic acids is 1. The van der Waals surface area contributed by atoms with Gasteiger partial charge in [-0.15, -0.1) is 0 Å². The van der Waals surface area contributed by atoms with Crippen LogP contribution in [0, 0.1) is 52.3 Å². The predicted octanol–water partition coefficient (Wildman–Crippen LogP) is 8.62. The fourth-order valence-electron chi connectivity index (χ4n) is 9.34. The van der Waals surface area contributed by atoms with Crippen LogP contribution in [-0.2, 0) is 4.79 Å². The molecule has 0 saturated heterocycles. The molecule has 0 aromatic rings. The fourth-order valence-corrected chi connectivity index (χ4v) is 9.34. The molecule has 0 aliphatic heterocycles. The highest BCUT2D eigenvalue weighted by molar-refractivity contribution is 5.75. The molecule has 0 aromatic carbocycles. The Hall–Kier alpha value is -0.590. The zero-order chi connectivity index (χ0) is 22.4. The van der Waals surface area contributed by atoms with E-state index in [1.807, 2.05) is 0 Å². The van der Waals surface area contributed by atoms with Gasteiger partial charge in [-0.25, -0.2) is 0 Å². The second-order valence-corrected chi connectivity index (χ2v) is 13.3. The van der Waals surface area contributed by atoms with Crippen LogP contribution in [0.15, 0.2) is 11.6 Å². The molecular weight excluding hydrogens is 376 g/mol. The standard InChI is InChI=1S/C30H50O/c1-20(2)8-7-9-21(3)26-12-13-27-25-11-10-24-19-23(18-22(4)31)14-16-29(24,5)28(25)15-17-30(26,27)6/h10,20-21,23,25-28H,7-9,11-19H2,1-6H3/t21-,23?,25?,26-,27?,28?,29+,30-/m1/s1. The van der Waals surface area contributed by atoms with Crippen molar-refractivity contribution in [1.29, 1.82) is 0 Å². The van der Waals surface area contributed by atoms with E-state index in [0.29, 0.717) is 22.5 Å². The van der Waals surface area contributed by atoms with Gasteiger partial charge in [0.1, 0.15) is 5.78 Å². The zero-order valence-electron chi connectivity index (χ0n) is 21.5. The predicted molar refractivity (Wildman–Crippen MR) is 132 cm³/mol. The summed E-state index contributed by atoms with van der Waals surface area (Å²) in [5, 5.41) is 0. The van der Waals surface area contributed by atoms with Gasteiger partial charge in [0.2, 0.25) is 0 Å². The van der Waals surface area contributed by atoms with Gasteiger partial charge in [0.05, 0.1) is 0 Å². The Morgan fingerprint density at radius 3 is 2.52 bits per heavy atom. The topological polar surface area (TPSA) is 17.1 Å². The maximum atomic E-state index is 11.7. The molecule has 4 rings (SSSR count). The van der Waals surface area contributed by atoms with Crippen LogP contribution < -0.4 is 0 Å². The van der Waals surface area contributed by atoms with Crippen LogP contribution in [0.2, 0.25) is 0 Å². The summed E-state index contributed by atoms with van der Waals surface area (Å²) in [7, 11) is 0. The highest BCUT2D eigenvalue weighted by Crippen LogP contribution is 2.67. The minimum absolute atomic E-state index is 0.385. The quantitative estimate of drug-likeness (QED) is 0.372. The van der Waals surface area contributed by atoms with Crippen molar-refractivity contribution in [2.45, 2.75) is 119 Å². The first-order valence-corrected chi connectivity index (χ1v) is 13.8. The summed E-state index contributed by atoms with van der Waals surface area (Å²) in [6.45, 7) is 14.4. The molecule has 1 nitrogen and oxygen atoms in total. The van der Waals surface area contributed by atoms with E-state index in [-0.39, 0.29) is 0 Å². The van der Waals surface area contributed by atoms with E-state index < -0.39 is 0 Å². The third kappa shape index (κ3) is 4.33. The lowest BCUT2D eigenvalue weighted by molar-refractivity contribution is -0.118. The van der Waals surface area contributed by atoms with Crippen LogP contribution in [0.5, 0.6) is 0 Å². The van der Waals surface area contributed by atoms with E-state index in [4.69, 9.17) is 0 Å². The van der Waals surface area contributed by atoms with Gasteiger partial charge in [-0.3, -0.25) is 0 Å². The third-order valence-corrected chi connectivity index (χ3v) is 11.0. The van der Waals surface area contributed by atoms with Gasteiger partial charge in [-0.1, -0.05) is 65.5 Å². The summed E-state index contributed by atoms with van der Waals surface area (Å²) in [4.78, 5) is 11.7. The minimum Gasteiger partial charge on any atom is -0.300 e. The van der Waals surface area contributed by atoms with E-state index in [0.717, 1.165) is 41.9 Å². The average molecular weight is 427 g/mol. The maximum absolute atomic E-state index is 11.7. The van der Waals surface area contributed by atoms with E-state index in [1.54, 1.807) is 12.5 Å². The van der Waals surface area contributed by atoms with Gasteiger partial charge in [-0.05, 0) is 111 Å². The molecule has 0 aromatic heterocycles. The highest BCUT2D eigenvalue weighted by atomic mass is 16.1. The van der Waals surface area contributed by atoms with Crippen LogP contribution in [0.25, 0.3) is 0 Å². The third-order valence-electron chi connectivity index (χ3n) is 11.0. The van der Waals surface area contributed by atoms with E-state index in [1.165, 1.54) is 70.6 Å². The number of hydrogen-bond donors (Lipinski definition) is 0. The Morgan fingerprint density at radius 2 is 1.81 bits per heavy atom. The van der Waals surface area contributed by atoms with Crippen LogP contribution in [0.3, 0.4) is 0 Å². The molecule has 0 heterocycles. The number of carbonyl (C=O) groups is 1. The molecule has 4 aliphatic carbocycles. The lowest BCUT2D eigenvalue weighted by atomic mass is 9.46. The largest absolute Gasteiger partial charge is 0.300 e. The molecule has 176 valence electrons. The molecule has 8 atom stereocenters. The van der Waals surface area contributed by atoms with Gasteiger partial charge in [-0.2, -0.15) is 0 Å². The number of fused-ring (bicyclic) bond motifs is 5. The van der Waals surface area contributed by atoms with E-state index >= 15 is 0 Å². The van der Waals surface area contributed by atoms with Gasteiger partial charge >= 0.3 is 0 Å². The van der Waals surface area contributed by atoms with Gasteiger partial charge < -0.3 is 4.79 Å². The maximum Gasteiger partial charge on any atom is 0.130 e. The number of Topliss-reactive ketones (excluding diaryl/α,β-unsaturated/α-hetero) is 1. The average Bonchev–Trinajstić information content (AvgIpc) is 3.05. The Morgan fingerprint density at radius 1 is 1.03 bits per heavy atom. The summed E-state index contributed by atoms with van der Waals surface area (Å²) in [6.07, 6.45) is 18.8. The van der Waals surface area contributed by atoms with Gasteiger partial charge in [0.25, 0.3) is 0 Å². The summed E-state index contributed by atoms with van der Waals surface area (Å²) >= 11 is 0. The Balaban J connectivity index is 1.47. The van der Waals surface area contributed by atoms with E-state index in [9.17, 15) is 4.79 Å². The molecule has 0 radical (unpaired) electrons. The summed E-state index contributed by atoms with van der Waals surface area (Å²) < 4.78 is 0. The van der Waals surface area contributed by atoms with Crippen LogP contribution >= 0.6 is 0 Å². The van der Waals surface area contributed by atoms with Crippen LogP contribution in [-0.4, -0.2) is 5.78 Å². The zero-order valence-corrected chi connectivity index (χ0v) is 21.5. The molecule has 0 bridgehead atoms. The molecule has 31 heavy (non-hydrogen) atoms. The molecule has 0 amide bonds. The van der Waals surface area contributed by atoms with Crippen molar-refractivity contribution in [3.63, 3.8) is 0 Å². The second-order valence-electron chi connectivity index (χ2n) is 13.3. The normalized spacial score (nSPS) is 43.1. The Bertz CT molecular complexity index is 689. The first kappa shape index (κ1) is 23.6. The van der Waals surface area contributed by atoms with Crippen molar-refractivity contribution in [1.82, 2.24) is 0 Å². The van der Waals surface area contributed by atoms with Crippen molar-refractivity contribution in [3.05, 3.63) is 11.6 Å². The SMILES string of the molecule is CC(=O)CC1CC[C@@]2(C)C(=CCC3C2CC[C@@]2(C)C3CC[C@@H]2[C@H](C)CCCC(C)C)C1. The molecule has 4 aliphatic rings. The fraction of sp³-hybridized carbons (Fsp3) is 0.900. The first-order chi connectivity index (χ1) is 14.6. The number of hydrogen-bond acceptors (Lipinski definition) is 1. The van der Waals surface area contributed by atoms with Gasteiger partial charge in [0.15, 0.2) is 0 Å². The molecule has 0 N–H and O–H groups in total. The first-order valence-electron chi connectivity index (χ1n) is 13.8. The second kappa shape index (κ2) is 8.98. The van der Waals surface area contributed by atoms with Crippen molar-refractivity contribution in [3.8, 4) is 0 Å². The molecule has 3 saturated carbocycles. The van der Waals surface area contributed by atoms with Crippen molar-refractivity contribution in [2.24, 2.45) is 52.3 Å². The molecule has 3 fully saturated rings. The Labute approximate surface area is 193 Å². The van der Waals surface area contributed by atoms with Crippen molar-refractivity contribution in [2.75, 3.05) is 0 Å². The molecule has 4 unspecified atom stereocenters. The smallest absolute Gasteiger partial charge is 0.130 e. The lowest BCUT2D eigenvalue weighted by Crippen LogP contribution is -2.50. The van der Waals surface area contributed by atoms with Crippen LogP contribution in [0.4, 0.5) is 0 Å². The summed E-state index contributed by atoms with van der Waals surface area (Å²) in [5.41, 5.74) is 2.76. The van der Waals surface area contributed by atoms with Crippen molar-refractivity contribution < 1.29 is 4.79 Å². The highest BCUT2D eigenvalue weighted by Gasteiger charge is 2.59. The molecule has 1 heteroatoms. The Kier molecular flexibility index (Phi) is 6.83. The number of rotatable bonds is 7. The number of ketones is 1. The molecule has 0 spiro atoms. The minimum atomic E-state index is 0.385.